The Morgan fingerprint density at radius 3 is 1.08 bits per heavy atom. The summed E-state index contributed by atoms with van der Waals surface area (Å²) in [6, 6.07) is 90.3. The molecule has 10 aromatic carbocycles. The molecule has 2 aromatic heterocycles. The summed E-state index contributed by atoms with van der Waals surface area (Å²) in [6.45, 7) is 0. The maximum absolute atomic E-state index is 6.91. The number of para-hydroxylation sites is 6. The number of aromatic nitrogens is 1. The molecule has 12 rings (SSSR count). The van der Waals surface area contributed by atoms with Gasteiger partial charge in [-0.05, 0) is 121 Å². The van der Waals surface area contributed by atoms with Crippen LogP contribution >= 0.6 is 0 Å². The van der Waals surface area contributed by atoms with Gasteiger partial charge >= 0.3 is 0 Å². The number of fused-ring (bicyclic) bond motifs is 6. The fourth-order valence-corrected chi connectivity index (χ4v) is 9.40. The van der Waals surface area contributed by atoms with Gasteiger partial charge in [0.25, 0.3) is 0 Å². The molecule has 0 atom stereocenters. The molecule has 0 N–H and O–H groups in total. The number of benzene rings is 10. The average Bonchev–Trinajstić information content (AvgIpc) is 3.89. The van der Waals surface area contributed by atoms with Gasteiger partial charge in [0.05, 0.1) is 11.0 Å². The average molecular weight is 835 g/mol. The molecule has 308 valence electrons. The topological polar surface area (TPSA) is 27.8 Å². The Morgan fingerprint density at radius 2 is 0.615 bits per heavy atom. The van der Waals surface area contributed by atoms with Crippen molar-refractivity contribution in [2.24, 2.45) is 0 Å². The van der Waals surface area contributed by atoms with E-state index in [1.54, 1.807) is 0 Å². The fraction of sp³-hybridized carbons (Fsp3) is 0. The van der Waals surface area contributed by atoms with E-state index in [1.165, 1.54) is 0 Å². The number of anilines is 9. The van der Waals surface area contributed by atoms with Crippen LogP contribution < -0.4 is 14.7 Å². The van der Waals surface area contributed by atoms with E-state index >= 15 is 0 Å². The third-order valence-corrected chi connectivity index (χ3v) is 12.3. The van der Waals surface area contributed by atoms with Gasteiger partial charge < -0.3 is 23.7 Å². The summed E-state index contributed by atoms with van der Waals surface area (Å²) in [6.07, 6.45) is 0. The molecule has 0 saturated heterocycles. The standard InChI is InChI=1S/C60H42N4O/c1-7-20-43(21-8-1)61(44-22-9-2-10-23-44)49-32-19-33-50(38-49)64-57-39-51(62(45-24-11-3-12-25-45)46-26-13-4-14-27-46)34-36-53(57)55-41-56-54-37-35-52(40-59(54)65-60(56)42-58(55)64)63(47-28-15-5-16-29-47)48-30-17-6-18-31-48/h1-42H. The molecule has 0 spiro atoms. The SMILES string of the molecule is c1ccc(N(c2ccccc2)c2cccc(-n3c4cc(N(c5ccccc5)c5ccccc5)ccc4c4cc5c(cc43)oc3cc(N(c4ccccc4)c4ccccc4)ccc35)c2)cc1. The zero-order valence-electron chi connectivity index (χ0n) is 35.4. The number of rotatable bonds is 10. The minimum absolute atomic E-state index is 0.835. The van der Waals surface area contributed by atoms with Crippen molar-refractivity contribution in [1.82, 2.24) is 4.57 Å². The molecule has 65 heavy (non-hydrogen) atoms. The van der Waals surface area contributed by atoms with Crippen molar-refractivity contribution in [3.63, 3.8) is 0 Å². The van der Waals surface area contributed by atoms with Crippen molar-refractivity contribution >= 4 is 94.9 Å². The Balaban J connectivity index is 1.08. The first-order valence-corrected chi connectivity index (χ1v) is 22.0. The summed E-state index contributed by atoms with van der Waals surface area (Å²) < 4.78 is 9.32. The van der Waals surface area contributed by atoms with Gasteiger partial charge in [-0.25, -0.2) is 0 Å². The highest BCUT2D eigenvalue weighted by molar-refractivity contribution is 6.18. The highest BCUT2D eigenvalue weighted by Crippen LogP contribution is 2.44. The largest absolute Gasteiger partial charge is 0.456 e. The molecular weight excluding hydrogens is 793 g/mol. The van der Waals surface area contributed by atoms with E-state index in [1.807, 2.05) is 0 Å². The van der Waals surface area contributed by atoms with Crippen molar-refractivity contribution in [2.75, 3.05) is 14.7 Å². The zero-order valence-corrected chi connectivity index (χ0v) is 35.4. The van der Waals surface area contributed by atoms with Gasteiger partial charge in [0, 0.05) is 90.6 Å². The highest BCUT2D eigenvalue weighted by atomic mass is 16.3. The molecule has 0 aliphatic carbocycles. The number of furan rings is 1. The van der Waals surface area contributed by atoms with Gasteiger partial charge in [-0.15, -0.1) is 0 Å². The van der Waals surface area contributed by atoms with Crippen molar-refractivity contribution in [2.45, 2.75) is 0 Å². The monoisotopic (exact) mass is 834 g/mol. The number of nitrogens with zero attached hydrogens (tertiary/aromatic N) is 4. The van der Waals surface area contributed by atoms with Crippen LogP contribution in [-0.2, 0) is 0 Å². The van der Waals surface area contributed by atoms with Gasteiger partial charge in [0.1, 0.15) is 11.2 Å². The highest BCUT2D eigenvalue weighted by Gasteiger charge is 2.22. The molecule has 0 amide bonds. The van der Waals surface area contributed by atoms with E-state index < -0.39 is 0 Å². The minimum atomic E-state index is 0.835. The molecule has 12 aromatic rings. The smallest absolute Gasteiger partial charge is 0.137 e. The summed E-state index contributed by atoms with van der Waals surface area (Å²) in [5.41, 5.74) is 14.5. The predicted molar refractivity (Wildman–Crippen MR) is 272 cm³/mol. The second kappa shape index (κ2) is 16.2. The summed E-state index contributed by atoms with van der Waals surface area (Å²) in [4.78, 5) is 6.92. The number of hydrogen-bond acceptors (Lipinski definition) is 4. The van der Waals surface area contributed by atoms with Crippen molar-refractivity contribution < 1.29 is 4.42 Å². The second-order valence-corrected chi connectivity index (χ2v) is 16.2. The zero-order chi connectivity index (χ0) is 43.1. The molecule has 0 fully saturated rings. The first-order chi connectivity index (χ1) is 32.2. The molecule has 5 heteroatoms. The lowest BCUT2D eigenvalue weighted by Crippen LogP contribution is -2.10. The third-order valence-electron chi connectivity index (χ3n) is 12.3. The molecule has 0 saturated carbocycles. The van der Waals surface area contributed by atoms with Crippen LogP contribution in [0, 0.1) is 0 Å². The summed E-state index contributed by atoms with van der Waals surface area (Å²) in [5.74, 6) is 0. The minimum Gasteiger partial charge on any atom is -0.456 e. The molecule has 2 heterocycles. The quantitative estimate of drug-likeness (QED) is 0.137. The summed E-state index contributed by atoms with van der Waals surface area (Å²) in [5, 5.41) is 4.47. The lowest BCUT2D eigenvalue weighted by Gasteiger charge is -2.26. The van der Waals surface area contributed by atoms with Crippen LogP contribution in [0.4, 0.5) is 51.2 Å². The second-order valence-electron chi connectivity index (χ2n) is 16.2. The normalized spacial score (nSPS) is 11.4. The Kier molecular flexibility index (Phi) is 9.42. The molecule has 0 unspecified atom stereocenters. The van der Waals surface area contributed by atoms with Gasteiger partial charge in [-0.1, -0.05) is 121 Å². The molecular formula is C60H42N4O. The van der Waals surface area contributed by atoms with E-state index in [9.17, 15) is 0 Å². The Bertz CT molecular complexity index is 3470. The molecule has 0 aliphatic heterocycles. The van der Waals surface area contributed by atoms with Crippen molar-refractivity contribution in [1.29, 1.82) is 0 Å². The van der Waals surface area contributed by atoms with Gasteiger partial charge in [0.15, 0.2) is 0 Å². The van der Waals surface area contributed by atoms with Crippen LogP contribution in [-0.4, -0.2) is 4.57 Å². The van der Waals surface area contributed by atoms with Crippen LogP contribution in [0.25, 0.3) is 49.4 Å². The lowest BCUT2D eigenvalue weighted by molar-refractivity contribution is 0.669. The van der Waals surface area contributed by atoms with Gasteiger partial charge in [0.2, 0.25) is 0 Å². The van der Waals surface area contributed by atoms with E-state index in [4.69, 9.17) is 4.42 Å². The number of hydrogen-bond donors (Lipinski definition) is 0. The van der Waals surface area contributed by atoms with Crippen LogP contribution in [0.2, 0.25) is 0 Å². The summed E-state index contributed by atoms with van der Waals surface area (Å²) in [7, 11) is 0. The van der Waals surface area contributed by atoms with Crippen molar-refractivity contribution in [3.8, 4) is 5.69 Å². The van der Waals surface area contributed by atoms with E-state index in [2.05, 4.69) is 274 Å². The van der Waals surface area contributed by atoms with Crippen LogP contribution in [0.15, 0.2) is 259 Å². The van der Waals surface area contributed by atoms with Crippen molar-refractivity contribution in [3.05, 3.63) is 255 Å². The van der Waals surface area contributed by atoms with E-state index in [0.29, 0.717) is 0 Å². The van der Waals surface area contributed by atoms with E-state index in [0.717, 1.165) is 101 Å². The summed E-state index contributed by atoms with van der Waals surface area (Å²) >= 11 is 0. The maximum Gasteiger partial charge on any atom is 0.137 e. The Hall–Kier alpha value is -8.80. The predicted octanol–water partition coefficient (Wildman–Crippen LogP) is 17.1. The Morgan fingerprint density at radius 1 is 0.246 bits per heavy atom. The molecule has 0 aliphatic rings. The fourth-order valence-electron chi connectivity index (χ4n) is 9.40. The van der Waals surface area contributed by atoms with Crippen LogP contribution in [0.1, 0.15) is 0 Å². The van der Waals surface area contributed by atoms with Gasteiger partial charge in [-0.2, -0.15) is 0 Å². The molecule has 5 nitrogen and oxygen atoms in total. The Labute approximate surface area is 377 Å². The maximum atomic E-state index is 6.91. The third kappa shape index (κ3) is 6.83. The first kappa shape index (κ1) is 37.9. The molecule has 0 bridgehead atoms. The van der Waals surface area contributed by atoms with E-state index in [-0.39, 0.29) is 0 Å². The lowest BCUT2D eigenvalue weighted by atomic mass is 10.1. The van der Waals surface area contributed by atoms with Crippen LogP contribution in [0.5, 0.6) is 0 Å². The molecule has 0 radical (unpaired) electrons. The first-order valence-electron chi connectivity index (χ1n) is 22.0. The van der Waals surface area contributed by atoms with Gasteiger partial charge in [-0.3, -0.25) is 0 Å². The van der Waals surface area contributed by atoms with Crippen LogP contribution in [0.3, 0.4) is 0 Å².